The molecule has 0 atom stereocenters. The van der Waals surface area contributed by atoms with Crippen LogP contribution in [0.1, 0.15) is 18.4 Å². The molecule has 0 aliphatic carbocycles. The summed E-state index contributed by atoms with van der Waals surface area (Å²) in [5, 5.41) is 22.4. The van der Waals surface area contributed by atoms with Crippen molar-refractivity contribution in [2.45, 2.75) is 19.3 Å². The molecule has 3 N–H and O–H groups in total. The molecule has 5 heteroatoms. The maximum absolute atomic E-state index is 13.3. The lowest BCUT2D eigenvalue weighted by Gasteiger charge is -2.23. The summed E-state index contributed by atoms with van der Waals surface area (Å²) in [5.74, 6) is -1.33. The van der Waals surface area contributed by atoms with Gasteiger partial charge in [-0.25, -0.2) is 4.39 Å². The van der Waals surface area contributed by atoms with Crippen LogP contribution in [0.15, 0.2) is 10.5 Å². The van der Waals surface area contributed by atoms with Crippen LogP contribution in [-0.2, 0) is 6.42 Å². The summed E-state index contributed by atoms with van der Waals surface area (Å²) in [6, 6.07) is 1.55. The number of phenols is 2. The maximum atomic E-state index is 13.3. The first-order chi connectivity index (χ1) is 8.09. The number of halogens is 2. The fourth-order valence-corrected chi connectivity index (χ4v) is 2.67. The molecule has 2 rings (SSSR count). The second kappa shape index (κ2) is 5.23. The lowest BCUT2D eigenvalue weighted by Crippen LogP contribution is -2.28. The molecule has 1 aromatic rings. The van der Waals surface area contributed by atoms with Crippen LogP contribution in [-0.4, -0.2) is 23.3 Å². The monoisotopic (exact) mass is 303 g/mol. The Bertz CT molecular complexity index is 419. The van der Waals surface area contributed by atoms with Crippen LogP contribution in [0.25, 0.3) is 0 Å². The summed E-state index contributed by atoms with van der Waals surface area (Å²) < 4.78 is 13.5. The van der Waals surface area contributed by atoms with Crippen molar-refractivity contribution in [3.05, 3.63) is 21.9 Å². The number of nitrogens with one attached hydrogen (secondary N) is 1. The van der Waals surface area contributed by atoms with Crippen LogP contribution >= 0.6 is 15.9 Å². The van der Waals surface area contributed by atoms with Crippen molar-refractivity contribution in [1.29, 1.82) is 0 Å². The zero-order valence-corrected chi connectivity index (χ0v) is 10.9. The Hall–Kier alpha value is -0.810. The van der Waals surface area contributed by atoms with Crippen molar-refractivity contribution < 1.29 is 14.6 Å². The molecule has 1 aromatic carbocycles. The van der Waals surface area contributed by atoms with Crippen molar-refractivity contribution in [2.24, 2.45) is 5.92 Å². The van der Waals surface area contributed by atoms with E-state index < -0.39 is 11.6 Å². The zero-order chi connectivity index (χ0) is 12.4. The van der Waals surface area contributed by atoms with Gasteiger partial charge in [0.05, 0.1) is 4.47 Å². The molecule has 1 heterocycles. The van der Waals surface area contributed by atoms with E-state index in [1.54, 1.807) is 6.07 Å². The topological polar surface area (TPSA) is 52.5 Å². The molecule has 0 amide bonds. The highest BCUT2D eigenvalue weighted by Crippen LogP contribution is 2.38. The second-order valence-electron chi connectivity index (χ2n) is 4.43. The fraction of sp³-hybridized carbons (Fsp3) is 0.500. The molecular weight excluding hydrogens is 289 g/mol. The highest BCUT2D eigenvalue weighted by atomic mass is 79.9. The van der Waals surface area contributed by atoms with Crippen LogP contribution in [0.2, 0.25) is 0 Å². The summed E-state index contributed by atoms with van der Waals surface area (Å²) >= 11 is 3.04. The first kappa shape index (κ1) is 12.6. The lowest BCUT2D eigenvalue weighted by atomic mass is 9.90. The molecule has 0 unspecified atom stereocenters. The van der Waals surface area contributed by atoms with Crippen molar-refractivity contribution in [3.63, 3.8) is 0 Å². The Morgan fingerprint density at radius 1 is 1.29 bits per heavy atom. The maximum Gasteiger partial charge on any atom is 0.195 e. The highest BCUT2D eigenvalue weighted by molar-refractivity contribution is 9.10. The summed E-state index contributed by atoms with van der Waals surface area (Å²) in [4.78, 5) is 0. The van der Waals surface area contributed by atoms with Gasteiger partial charge >= 0.3 is 0 Å². The van der Waals surface area contributed by atoms with Gasteiger partial charge in [-0.05, 0) is 65.8 Å². The van der Waals surface area contributed by atoms with Crippen molar-refractivity contribution in [3.8, 4) is 11.5 Å². The number of benzene rings is 1. The molecule has 1 fully saturated rings. The minimum absolute atomic E-state index is 0.191. The number of rotatable bonds is 2. The van der Waals surface area contributed by atoms with E-state index >= 15 is 0 Å². The average Bonchev–Trinajstić information content (AvgIpc) is 2.35. The number of aromatic hydroxyl groups is 2. The first-order valence-corrected chi connectivity index (χ1v) is 6.48. The number of piperidine rings is 1. The van der Waals surface area contributed by atoms with E-state index in [2.05, 4.69) is 21.2 Å². The molecule has 1 aliphatic rings. The molecule has 1 aliphatic heterocycles. The van der Waals surface area contributed by atoms with E-state index in [1.165, 1.54) is 0 Å². The molecule has 0 aromatic heterocycles. The van der Waals surface area contributed by atoms with Gasteiger partial charge in [0.2, 0.25) is 0 Å². The van der Waals surface area contributed by atoms with Crippen LogP contribution in [0.5, 0.6) is 11.5 Å². The molecule has 1 saturated heterocycles. The minimum Gasteiger partial charge on any atom is -0.504 e. The van der Waals surface area contributed by atoms with Crippen LogP contribution in [0.4, 0.5) is 4.39 Å². The molecule has 0 spiro atoms. The van der Waals surface area contributed by atoms with Gasteiger partial charge in [-0.1, -0.05) is 0 Å². The van der Waals surface area contributed by atoms with Gasteiger partial charge in [-0.3, -0.25) is 0 Å². The lowest BCUT2D eigenvalue weighted by molar-refractivity contribution is 0.351. The largest absolute Gasteiger partial charge is 0.504 e. The van der Waals surface area contributed by atoms with E-state index in [0.717, 1.165) is 25.9 Å². The van der Waals surface area contributed by atoms with Gasteiger partial charge in [0.15, 0.2) is 17.3 Å². The predicted molar refractivity (Wildman–Crippen MR) is 66.7 cm³/mol. The SMILES string of the molecule is Oc1c(CC2CCNCC2)cc(Br)c(F)c1O. The summed E-state index contributed by atoms with van der Waals surface area (Å²) in [6.07, 6.45) is 2.74. The van der Waals surface area contributed by atoms with Gasteiger partial charge in [0.1, 0.15) is 0 Å². The van der Waals surface area contributed by atoms with Gasteiger partial charge in [-0.2, -0.15) is 0 Å². The number of phenolic OH excluding ortho intramolecular Hbond substituents is 2. The first-order valence-electron chi connectivity index (χ1n) is 5.69. The normalized spacial score (nSPS) is 17.3. The van der Waals surface area contributed by atoms with E-state index in [9.17, 15) is 14.6 Å². The Morgan fingerprint density at radius 2 is 1.94 bits per heavy atom. The van der Waals surface area contributed by atoms with Crippen LogP contribution in [0, 0.1) is 11.7 Å². The molecule has 0 bridgehead atoms. The Morgan fingerprint density at radius 3 is 2.59 bits per heavy atom. The van der Waals surface area contributed by atoms with E-state index in [4.69, 9.17) is 0 Å². The number of hydrogen-bond acceptors (Lipinski definition) is 3. The molecule has 0 radical (unpaired) electrons. The van der Waals surface area contributed by atoms with Gasteiger partial charge in [0, 0.05) is 0 Å². The third-order valence-electron chi connectivity index (χ3n) is 3.21. The average molecular weight is 304 g/mol. The molecule has 94 valence electrons. The Kier molecular flexibility index (Phi) is 3.89. The van der Waals surface area contributed by atoms with Crippen molar-refractivity contribution >= 4 is 15.9 Å². The van der Waals surface area contributed by atoms with Gasteiger partial charge in [0.25, 0.3) is 0 Å². The minimum atomic E-state index is -0.809. The van der Waals surface area contributed by atoms with Crippen molar-refractivity contribution in [2.75, 3.05) is 13.1 Å². The van der Waals surface area contributed by atoms with E-state index in [-0.39, 0.29) is 10.2 Å². The fourth-order valence-electron chi connectivity index (χ4n) is 2.21. The zero-order valence-electron chi connectivity index (χ0n) is 9.34. The standard InChI is InChI=1S/C12H15BrFNO2/c13-9-6-8(11(16)12(17)10(9)14)5-7-1-3-15-4-2-7/h6-7,15-17H,1-5H2. The van der Waals surface area contributed by atoms with Crippen LogP contribution in [0.3, 0.4) is 0 Å². The number of hydrogen-bond donors (Lipinski definition) is 3. The summed E-state index contributed by atoms with van der Waals surface area (Å²) in [7, 11) is 0. The Balaban J connectivity index is 2.20. The van der Waals surface area contributed by atoms with Gasteiger partial charge < -0.3 is 15.5 Å². The molecule has 0 saturated carbocycles. The molecule has 3 nitrogen and oxygen atoms in total. The predicted octanol–water partition coefficient (Wildman–Crippen LogP) is 2.54. The second-order valence-corrected chi connectivity index (χ2v) is 5.28. The van der Waals surface area contributed by atoms with E-state index in [0.29, 0.717) is 17.9 Å². The Labute approximate surface area is 108 Å². The van der Waals surface area contributed by atoms with Gasteiger partial charge in [-0.15, -0.1) is 0 Å². The third-order valence-corrected chi connectivity index (χ3v) is 3.79. The molecular formula is C12H15BrFNO2. The molecule has 17 heavy (non-hydrogen) atoms. The van der Waals surface area contributed by atoms with Crippen molar-refractivity contribution in [1.82, 2.24) is 5.32 Å². The van der Waals surface area contributed by atoms with Crippen LogP contribution < -0.4 is 5.32 Å². The highest BCUT2D eigenvalue weighted by Gasteiger charge is 2.20. The smallest absolute Gasteiger partial charge is 0.195 e. The quantitative estimate of drug-likeness (QED) is 0.736. The summed E-state index contributed by atoms with van der Waals surface area (Å²) in [5.41, 5.74) is 0.600. The third kappa shape index (κ3) is 2.72. The summed E-state index contributed by atoms with van der Waals surface area (Å²) in [6.45, 7) is 1.94. The van der Waals surface area contributed by atoms with E-state index in [1.807, 2.05) is 0 Å².